The van der Waals surface area contributed by atoms with E-state index in [1.165, 1.54) is 26.3 Å². The molecule has 1 aliphatic rings. The molecule has 140 valence electrons. The van der Waals surface area contributed by atoms with E-state index in [0.717, 1.165) is 30.3 Å². The maximum atomic E-state index is 12.8. The first-order valence-electron chi connectivity index (χ1n) is 8.50. The van der Waals surface area contributed by atoms with Gasteiger partial charge >= 0.3 is 0 Å². The quantitative estimate of drug-likeness (QED) is 0.750. The highest BCUT2D eigenvalue weighted by molar-refractivity contribution is 7.89. The number of sulfonamides is 1. The van der Waals surface area contributed by atoms with E-state index in [2.05, 4.69) is 20.8 Å². The predicted molar refractivity (Wildman–Crippen MR) is 96.5 cm³/mol. The zero-order valence-corrected chi connectivity index (χ0v) is 16.5. The Bertz CT molecular complexity index is 708. The first kappa shape index (κ1) is 19.9. The average Bonchev–Trinajstić information content (AvgIpc) is 2.99. The van der Waals surface area contributed by atoms with Crippen molar-refractivity contribution < 1.29 is 18.0 Å². The molecule has 0 aliphatic carbocycles. The van der Waals surface area contributed by atoms with Gasteiger partial charge in [-0.2, -0.15) is 0 Å². The van der Waals surface area contributed by atoms with Gasteiger partial charge in [-0.05, 0) is 48.9 Å². The second-order valence-electron chi connectivity index (χ2n) is 7.68. The van der Waals surface area contributed by atoms with Crippen LogP contribution in [0.2, 0.25) is 0 Å². The molecule has 0 N–H and O–H groups in total. The second kappa shape index (κ2) is 7.43. The largest absolute Gasteiger partial charge is 0.336 e. The van der Waals surface area contributed by atoms with Gasteiger partial charge in [0.05, 0.1) is 12.0 Å². The average molecular weight is 368 g/mol. The monoisotopic (exact) mass is 368 g/mol. The van der Waals surface area contributed by atoms with E-state index in [1.54, 1.807) is 12.1 Å². The molecule has 7 heteroatoms. The van der Waals surface area contributed by atoms with Crippen LogP contribution < -0.4 is 0 Å². The molecule has 1 atom stereocenters. The maximum Gasteiger partial charge on any atom is 0.264 e. The van der Waals surface area contributed by atoms with Crippen molar-refractivity contribution in [2.45, 2.75) is 51.0 Å². The van der Waals surface area contributed by atoms with Crippen LogP contribution >= 0.6 is 0 Å². The van der Waals surface area contributed by atoms with Crippen molar-refractivity contribution in [3.05, 3.63) is 29.8 Å². The van der Waals surface area contributed by atoms with Crippen LogP contribution in [0.5, 0.6) is 0 Å². The smallest absolute Gasteiger partial charge is 0.264 e. The fourth-order valence-electron chi connectivity index (χ4n) is 3.20. The molecule has 0 spiro atoms. The Labute approximate surface area is 150 Å². The number of benzene rings is 1. The second-order valence-corrected chi connectivity index (χ2v) is 9.62. The number of likely N-dealkylation sites (tertiary alicyclic amines) is 1. The van der Waals surface area contributed by atoms with Crippen LogP contribution in [0.3, 0.4) is 0 Å². The van der Waals surface area contributed by atoms with Crippen LogP contribution in [0.15, 0.2) is 29.2 Å². The minimum absolute atomic E-state index is 0.0317. The van der Waals surface area contributed by atoms with E-state index >= 15 is 0 Å². The number of carbonyl (C=O) groups excluding carboxylic acids is 1. The van der Waals surface area contributed by atoms with Crippen LogP contribution in [0.25, 0.3) is 0 Å². The highest BCUT2D eigenvalue weighted by atomic mass is 32.2. The Kier molecular flexibility index (Phi) is 5.91. The summed E-state index contributed by atoms with van der Waals surface area (Å²) in [5.41, 5.74) is 0.677. The summed E-state index contributed by atoms with van der Waals surface area (Å²) in [7, 11) is -1.08. The van der Waals surface area contributed by atoms with Crippen molar-refractivity contribution in [1.29, 1.82) is 0 Å². The van der Waals surface area contributed by atoms with E-state index in [0.29, 0.717) is 5.56 Å². The molecule has 1 heterocycles. The van der Waals surface area contributed by atoms with E-state index in [9.17, 15) is 13.2 Å². The molecule has 1 saturated heterocycles. The summed E-state index contributed by atoms with van der Waals surface area (Å²) in [6, 6.07) is 6.30. The molecule has 1 fully saturated rings. The SMILES string of the molecule is CON(C)S(=O)(=O)c1ccc(C(=O)N2CCCC2CC(C)(C)C)cc1. The topological polar surface area (TPSA) is 66.9 Å². The molecule has 1 amide bonds. The number of hydrogen-bond donors (Lipinski definition) is 0. The molecule has 0 aromatic heterocycles. The number of rotatable bonds is 5. The zero-order chi connectivity index (χ0) is 18.8. The van der Waals surface area contributed by atoms with Crippen LogP contribution in [0.4, 0.5) is 0 Å². The molecule has 2 rings (SSSR count). The van der Waals surface area contributed by atoms with Gasteiger partial charge in [-0.1, -0.05) is 25.2 Å². The van der Waals surface area contributed by atoms with Crippen LogP contribution in [0.1, 0.15) is 50.4 Å². The molecule has 1 aromatic rings. The summed E-state index contributed by atoms with van der Waals surface area (Å²) in [5.74, 6) is -0.0317. The van der Waals surface area contributed by atoms with Crippen molar-refractivity contribution in [2.75, 3.05) is 20.7 Å². The van der Waals surface area contributed by atoms with Crippen LogP contribution in [0, 0.1) is 5.41 Å². The standard InChI is InChI=1S/C18H28N2O4S/c1-18(2,3)13-15-7-6-12-20(15)17(21)14-8-10-16(11-9-14)25(22,23)19(4)24-5/h8-11,15H,6-7,12-13H2,1-5H3. The third-order valence-electron chi connectivity index (χ3n) is 4.48. The third-order valence-corrected chi connectivity index (χ3v) is 6.17. The zero-order valence-electron chi connectivity index (χ0n) is 15.7. The predicted octanol–water partition coefficient (Wildman–Crippen LogP) is 2.91. The number of nitrogens with zero attached hydrogens (tertiary/aromatic N) is 2. The van der Waals surface area contributed by atoms with Gasteiger partial charge in [0.2, 0.25) is 0 Å². The summed E-state index contributed by atoms with van der Waals surface area (Å²) >= 11 is 0. The first-order chi connectivity index (χ1) is 11.6. The lowest BCUT2D eigenvalue weighted by Gasteiger charge is -2.30. The Morgan fingerprint density at radius 3 is 2.40 bits per heavy atom. The summed E-state index contributed by atoms with van der Waals surface area (Å²) in [6.45, 7) is 7.30. The molecular weight excluding hydrogens is 340 g/mol. The molecule has 1 unspecified atom stereocenters. The highest BCUT2D eigenvalue weighted by Crippen LogP contribution is 2.31. The minimum Gasteiger partial charge on any atom is -0.336 e. The lowest BCUT2D eigenvalue weighted by Crippen LogP contribution is -2.37. The van der Waals surface area contributed by atoms with Crippen molar-refractivity contribution in [3.8, 4) is 0 Å². The summed E-state index contributed by atoms with van der Waals surface area (Å²) in [6.07, 6.45) is 3.00. The molecule has 0 saturated carbocycles. The summed E-state index contributed by atoms with van der Waals surface area (Å²) < 4.78 is 25.2. The molecule has 0 radical (unpaired) electrons. The van der Waals surface area contributed by atoms with E-state index in [4.69, 9.17) is 4.84 Å². The van der Waals surface area contributed by atoms with E-state index in [1.807, 2.05) is 4.90 Å². The number of carbonyl (C=O) groups is 1. The van der Waals surface area contributed by atoms with Crippen LogP contribution in [-0.4, -0.2) is 50.4 Å². The van der Waals surface area contributed by atoms with Gasteiger partial charge in [-0.15, -0.1) is 0 Å². The van der Waals surface area contributed by atoms with Gasteiger partial charge in [0.15, 0.2) is 0 Å². The van der Waals surface area contributed by atoms with Gasteiger partial charge in [0, 0.05) is 25.2 Å². The van der Waals surface area contributed by atoms with Crippen molar-refractivity contribution in [1.82, 2.24) is 9.37 Å². The summed E-state index contributed by atoms with van der Waals surface area (Å²) in [4.78, 5) is 19.6. The lowest BCUT2D eigenvalue weighted by molar-refractivity contribution is -0.0258. The fourth-order valence-corrected chi connectivity index (χ4v) is 4.18. The highest BCUT2D eigenvalue weighted by Gasteiger charge is 2.32. The number of hydroxylamine groups is 1. The molecule has 6 nitrogen and oxygen atoms in total. The molecule has 0 bridgehead atoms. The first-order valence-corrected chi connectivity index (χ1v) is 9.94. The van der Waals surface area contributed by atoms with E-state index in [-0.39, 0.29) is 22.3 Å². The van der Waals surface area contributed by atoms with E-state index < -0.39 is 10.0 Å². The van der Waals surface area contributed by atoms with Gasteiger partial charge in [0.25, 0.3) is 15.9 Å². The Morgan fingerprint density at radius 2 is 1.88 bits per heavy atom. The van der Waals surface area contributed by atoms with Crippen molar-refractivity contribution >= 4 is 15.9 Å². The number of amides is 1. The van der Waals surface area contributed by atoms with Crippen LogP contribution in [-0.2, 0) is 14.9 Å². The lowest BCUT2D eigenvalue weighted by atomic mass is 9.87. The molecule has 1 aliphatic heterocycles. The fraction of sp³-hybridized carbons (Fsp3) is 0.611. The third kappa shape index (κ3) is 4.59. The summed E-state index contributed by atoms with van der Waals surface area (Å²) in [5, 5.41) is 0. The van der Waals surface area contributed by atoms with Crippen molar-refractivity contribution in [3.63, 3.8) is 0 Å². The van der Waals surface area contributed by atoms with Crippen molar-refractivity contribution in [2.24, 2.45) is 5.41 Å². The van der Waals surface area contributed by atoms with Gasteiger partial charge in [0.1, 0.15) is 0 Å². The van der Waals surface area contributed by atoms with Gasteiger partial charge in [-0.3, -0.25) is 9.63 Å². The van der Waals surface area contributed by atoms with Gasteiger partial charge in [-0.25, -0.2) is 8.42 Å². The Balaban J connectivity index is 2.18. The molecule has 1 aromatic carbocycles. The molecular formula is C18H28N2O4S. The molecule has 25 heavy (non-hydrogen) atoms. The van der Waals surface area contributed by atoms with Gasteiger partial charge < -0.3 is 4.90 Å². The number of hydrogen-bond acceptors (Lipinski definition) is 4. The Morgan fingerprint density at radius 1 is 1.28 bits per heavy atom. The maximum absolute atomic E-state index is 12.8. The minimum atomic E-state index is -3.70. The normalized spacial score (nSPS) is 18.8. The Hall–Kier alpha value is -1.44.